The van der Waals surface area contributed by atoms with Crippen molar-refractivity contribution in [3.8, 4) is 0 Å². The van der Waals surface area contributed by atoms with E-state index in [1.807, 2.05) is 66.7 Å². The first kappa shape index (κ1) is 25.6. The average molecular weight is 548 g/mol. The Hall–Kier alpha value is -4.36. The molecular formula is C34H29NO6. The van der Waals surface area contributed by atoms with Gasteiger partial charge in [-0.3, -0.25) is 24.1 Å². The maximum absolute atomic E-state index is 14.7. The molecule has 0 radical (unpaired) electrons. The van der Waals surface area contributed by atoms with E-state index < -0.39 is 35.0 Å². The fourth-order valence-electron chi connectivity index (χ4n) is 7.97. The van der Waals surface area contributed by atoms with Crippen LogP contribution in [0.25, 0.3) is 5.57 Å². The van der Waals surface area contributed by atoms with E-state index in [1.54, 1.807) is 12.1 Å². The Balaban J connectivity index is 1.51. The van der Waals surface area contributed by atoms with Gasteiger partial charge in [-0.05, 0) is 48.1 Å². The molecule has 3 aromatic rings. The number of likely N-dealkylation sites (tertiary alicyclic amines) is 1. The zero-order valence-corrected chi connectivity index (χ0v) is 22.5. The summed E-state index contributed by atoms with van der Waals surface area (Å²) >= 11 is 0. The molecule has 2 aromatic carbocycles. The molecule has 41 heavy (non-hydrogen) atoms. The van der Waals surface area contributed by atoms with E-state index in [-0.39, 0.29) is 36.4 Å². The Kier molecular flexibility index (Phi) is 5.84. The summed E-state index contributed by atoms with van der Waals surface area (Å²) in [5.74, 6) is -3.03. The average Bonchev–Trinajstić information content (AvgIpc) is 3.57. The monoisotopic (exact) mass is 547 g/mol. The van der Waals surface area contributed by atoms with Crippen LogP contribution in [0.2, 0.25) is 0 Å². The number of furan rings is 1. The van der Waals surface area contributed by atoms with Gasteiger partial charge in [-0.2, -0.15) is 0 Å². The number of rotatable bonds is 4. The van der Waals surface area contributed by atoms with Gasteiger partial charge >= 0.3 is 0 Å². The molecule has 3 aliphatic carbocycles. The fraction of sp³-hybridized carbons (Fsp3) is 0.294. The number of aliphatic hydroxyl groups is 1. The number of benzene rings is 2. The van der Waals surface area contributed by atoms with Crippen LogP contribution in [0.1, 0.15) is 41.4 Å². The van der Waals surface area contributed by atoms with Crippen LogP contribution in [0.4, 0.5) is 0 Å². The highest BCUT2D eigenvalue weighted by Gasteiger charge is 2.66. The highest BCUT2D eigenvalue weighted by Crippen LogP contribution is 2.63. The third kappa shape index (κ3) is 3.48. The molecule has 1 aromatic heterocycles. The lowest BCUT2D eigenvalue weighted by Gasteiger charge is -2.54. The molecule has 1 saturated carbocycles. The summed E-state index contributed by atoms with van der Waals surface area (Å²) in [7, 11) is 1.52. The first-order valence-corrected chi connectivity index (χ1v) is 14.0. The third-order valence-corrected chi connectivity index (χ3v) is 9.72. The van der Waals surface area contributed by atoms with Gasteiger partial charge in [0.1, 0.15) is 18.1 Å². The van der Waals surface area contributed by atoms with Gasteiger partial charge in [-0.1, -0.05) is 72.3 Å². The van der Waals surface area contributed by atoms with E-state index in [9.17, 15) is 24.3 Å². The number of amides is 2. The number of carbonyl (C=O) groups is 4. The van der Waals surface area contributed by atoms with Gasteiger partial charge in [-0.15, -0.1) is 0 Å². The highest BCUT2D eigenvalue weighted by atomic mass is 16.4. The summed E-state index contributed by atoms with van der Waals surface area (Å²) < 4.78 is 6.15. The van der Waals surface area contributed by atoms with E-state index in [0.29, 0.717) is 34.6 Å². The molecule has 0 spiro atoms. The number of hydrogen-bond donors (Lipinski definition) is 1. The number of allylic oxidation sites excluding steroid dienone is 4. The minimum Gasteiger partial charge on any atom is -0.463 e. The quantitative estimate of drug-likeness (QED) is 0.387. The van der Waals surface area contributed by atoms with Gasteiger partial charge in [0.05, 0.1) is 23.2 Å². The summed E-state index contributed by atoms with van der Waals surface area (Å²) in [4.78, 5) is 57.1. The number of aliphatic hydroxyl groups excluding tert-OH is 1. The lowest BCUT2D eigenvalue weighted by atomic mass is 9.45. The van der Waals surface area contributed by atoms with E-state index in [1.165, 1.54) is 18.0 Å². The molecule has 4 aliphatic rings. The Morgan fingerprint density at radius 2 is 1.61 bits per heavy atom. The number of ketones is 2. The summed E-state index contributed by atoms with van der Waals surface area (Å²) in [6.07, 6.45) is 4.11. The number of carbonyl (C=O) groups excluding carboxylic acids is 4. The molecule has 1 N–H and O–H groups in total. The number of Topliss-reactive ketones (excluding diaryl/α,β-unsaturated/α-hetero) is 1. The van der Waals surface area contributed by atoms with Crippen LogP contribution in [-0.2, 0) is 31.2 Å². The largest absolute Gasteiger partial charge is 0.463 e. The second-order valence-electron chi connectivity index (χ2n) is 11.5. The first-order valence-electron chi connectivity index (χ1n) is 14.0. The summed E-state index contributed by atoms with van der Waals surface area (Å²) in [5, 5.41) is 9.84. The predicted molar refractivity (Wildman–Crippen MR) is 149 cm³/mol. The van der Waals surface area contributed by atoms with Crippen LogP contribution in [0.5, 0.6) is 0 Å². The zero-order chi connectivity index (χ0) is 28.5. The van der Waals surface area contributed by atoms with Gasteiger partial charge < -0.3 is 9.52 Å². The number of hydrogen-bond acceptors (Lipinski definition) is 6. The predicted octanol–water partition coefficient (Wildman–Crippen LogP) is 4.23. The molecule has 0 unspecified atom stereocenters. The normalized spacial score (nSPS) is 30.9. The van der Waals surface area contributed by atoms with Crippen LogP contribution in [0, 0.1) is 23.7 Å². The molecule has 1 aliphatic heterocycles. The second-order valence-corrected chi connectivity index (χ2v) is 11.5. The molecule has 1 saturated heterocycles. The molecular weight excluding hydrogens is 518 g/mol. The maximum Gasteiger partial charge on any atom is 0.233 e. The minimum atomic E-state index is -1.33. The standard InChI is InChI=1S/C34H29NO6/c1-35-32(39)23-14-13-22-25(29(23)33(35)40)16-26-31(38)24(19-8-4-2-5-9-19)17-28(37)34(26,20-10-6-3-7-11-20)30(22)27-15-12-21(18-36)41-27/h2-13,15,17,23,25-26,29-30,36H,14,16,18H2,1H3/t23-,25+,26-,29-,30+,34-/m0/s1. The first-order chi connectivity index (χ1) is 19.9. The van der Waals surface area contributed by atoms with Gasteiger partial charge in [0.25, 0.3) is 0 Å². The molecule has 7 rings (SSSR count). The molecule has 2 fully saturated rings. The molecule has 2 heterocycles. The smallest absolute Gasteiger partial charge is 0.233 e. The number of imide groups is 1. The molecule has 7 nitrogen and oxygen atoms in total. The third-order valence-electron chi connectivity index (χ3n) is 9.72. The Labute approximate surface area is 237 Å². The Morgan fingerprint density at radius 3 is 2.29 bits per heavy atom. The topological polar surface area (TPSA) is 105 Å². The van der Waals surface area contributed by atoms with Crippen molar-refractivity contribution >= 4 is 29.0 Å². The van der Waals surface area contributed by atoms with Gasteiger partial charge in [0.2, 0.25) is 11.8 Å². The van der Waals surface area contributed by atoms with Crippen LogP contribution >= 0.6 is 0 Å². The van der Waals surface area contributed by atoms with Crippen LogP contribution < -0.4 is 0 Å². The van der Waals surface area contributed by atoms with Crippen molar-refractivity contribution in [3.05, 3.63) is 113 Å². The van der Waals surface area contributed by atoms with Crippen LogP contribution in [0.3, 0.4) is 0 Å². The van der Waals surface area contributed by atoms with E-state index in [2.05, 4.69) is 0 Å². The zero-order valence-electron chi connectivity index (χ0n) is 22.5. The van der Waals surface area contributed by atoms with Crippen molar-refractivity contribution in [2.75, 3.05) is 7.05 Å². The van der Waals surface area contributed by atoms with E-state index >= 15 is 0 Å². The Morgan fingerprint density at radius 1 is 0.902 bits per heavy atom. The van der Waals surface area contributed by atoms with Gasteiger partial charge in [-0.25, -0.2) is 0 Å². The van der Waals surface area contributed by atoms with Crippen LogP contribution in [-0.4, -0.2) is 40.4 Å². The lowest BCUT2D eigenvalue weighted by molar-refractivity contribution is -0.139. The molecule has 6 atom stereocenters. The van der Waals surface area contributed by atoms with Gasteiger partial charge in [0.15, 0.2) is 11.6 Å². The van der Waals surface area contributed by atoms with E-state index in [4.69, 9.17) is 4.42 Å². The highest BCUT2D eigenvalue weighted by molar-refractivity contribution is 6.31. The number of fused-ring (bicyclic) bond motifs is 4. The molecule has 0 bridgehead atoms. The van der Waals surface area contributed by atoms with Crippen molar-refractivity contribution in [1.29, 1.82) is 0 Å². The van der Waals surface area contributed by atoms with E-state index in [0.717, 1.165) is 5.57 Å². The molecule has 2 amide bonds. The fourth-order valence-corrected chi connectivity index (χ4v) is 7.97. The van der Waals surface area contributed by atoms with Crippen molar-refractivity contribution in [3.63, 3.8) is 0 Å². The van der Waals surface area contributed by atoms with Crippen molar-refractivity contribution in [2.45, 2.75) is 30.8 Å². The summed E-state index contributed by atoms with van der Waals surface area (Å²) in [6.45, 7) is -0.315. The minimum absolute atomic E-state index is 0.162. The Bertz CT molecular complexity index is 1650. The van der Waals surface area contributed by atoms with Crippen molar-refractivity contribution in [1.82, 2.24) is 4.90 Å². The number of nitrogens with zero attached hydrogens (tertiary/aromatic N) is 1. The second kappa shape index (κ2) is 9.35. The van der Waals surface area contributed by atoms with Gasteiger partial charge in [0, 0.05) is 18.5 Å². The van der Waals surface area contributed by atoms with Crippen LogP contribution in [0.15, 0.2) is 94.9 Å². The van der Waals surface area contributed by atoms with Crippen molar-refractivity contribution < 1.29 is 28.7 Å². The maximum atomic E-state index is 14.7. The van der Waals surface area contributed by atoms with Crippen molar-refractivity contribution in [2.24, 2.45) is 23.7 Å². The molecule has 206 valence electrons. The lowest BCUT2D eigenvalue weighted by Crippen LogP contribution is -2.58. The summed E-state index contributed by atoms with van der Waals surface area (Å²) in [5.41, 5.74) is 1.24. The molecule has 7 heteroatoms. The summed E-state index contributed by atoms with van der Waals surface area (Å²) in [6, 6.07) is 22.0. The SMILES string of the molecule is CN1C(=O)[C@H]2[C@H](CC=C3[C@H]2C[C@H]2C(=O)C(c4ccccc4)=CC(=O)[C@@]2(c2ccccc2)[C@H]3c2ccc(CO)o2)C1=O.